The molecule has 0 saturated carbocycles. The molecule has 0 bridgehead atoms. The van der Waals surface area contributed by atoms with Gasteiger partial charge in [0.15, 0.2) is 0 Å². The molecule has 1 aromatic carbocycles. The number of rotatable bonds is 0. The first-order chi connectivity index (χ1) is 7.68. The van der Waals surface area contributed by atoms with Crippen LogP contribution in [-0.2, 0) is 0 Å². The molecule has 2 aromatic heterocycles. The van der Waals surface area contributed by atoms with Crippen LogP contribution in [-0.4, -0.2) is 14.5 Å². The number of imidazole rings is 1. The van der Waals surface area contributed by atoms with E-state index in [9.17, 15) is 5.11 Å². The van der Waals surface area contributed by atoms with Gasteiger partial charge in [0.05, 0.1) is 11.1 Å². The lowest BCUT2D eigenvalue weighted by molar-refractivity contribution is 0.482. The number of benzene rings is 1. The highest BCUT2D eigenvalue weighted by molar-refractivity contribution is 9.10. The Kier molecular flexibility index (Phi) is 1.94. The SMILES string of the molecule is Cc1nc2c3c(O)cccc3ccn2c1Br. The summed E-state index contributed by atoms with van der Waals surface area (Å²) >= 11 is 3.48. The molecular formula is C12H9BrN2O. The molecule has 2 heterocycles. The van der Waals surface area contributed by atoms with Crippen LogP contribution in [0.25, 0.3) is 16.4 Å². The van der Waals surface area contributed by atoms with Crippen molar-refractivity contribution in [1.82, 2.24) is 9.38 Å². The Labute approximate surface area is 100 Å². The van der Waals surface area contributed by atoms with Crippen LogP contribution in [0.1, 0.15) is 5.69 Å². The number of phenolic OH excluding ortho intramolecular Hbond substituents is 1. The standard InChI is InChI=1S/C12H9BrN2O/c1-7-11(13)15-6-5-8-3-2-4-9(16)10(8)12(15)14-7/h2-6,16H,1H3. The van der Waals surface area contributed by atoms with Gasteiger partial charge in [-0.1, -0.05) is 12.1 Å². The van der Waals surface area contributed by atoms with E-state index < -0.39 is 0 Å². The van der Waals surface area contributed by atoms with Crippen LogP contribution in [0.4, 0.5) is 0 Å². The summed E-state index contributed by atoms with van der Waals surface area (Å²) < 4.78 is 2.85. The average Bonchev–Trinajstić information content (AvgIpc) is 2.55. The van der Waals surface area contributed by atoms with Crippen LogP contribution in [0.5, 0.6) is 5.75 Å². The molecule has 1 N–H and O–H groups in total. The molecule has 0 spiro atoms. The maximum atomic E-state index is 9.90. The van der Waals surface area contributed by atoms with E-state index >= 15 is 0 Å². The minimum Gasteiger partial charge on any atom is -0.507 e. The molecule has 0 fully saturated rings. The zero-order chi connectivity index (χ0) is 11.3. The fraction of sp³-hybridized carbons (Fsp3) is 0.0833. The van der Waals surface area contributed by atoms with Crippen molar-refractivity contribution in [3.05, 3.63) is 40.8 Å². The first-order valence-corrected chi connectivity index (χ1v) is 5.72. The average molecular weight is 277 g/mol. The van der Waals surface area contributed by atoms with Gasteiger partial charge in [-0.05, 0) is 40.4 Å². The predicted octanol–water partition coefficient (Wildman–Crippen LogP) is 3.26. The van der Waals surface area contributed by atoms with Crippen molar-refractivity contribution in [3.8, 4) is 5.75 Å². The van der Waals surface area contributed by atoms with Gasteiger partial charge in [0.1, 0.15) is 16.0 Å². The molecule has 0 aliphatic carbocycles. The Morgan fingerprint density at radius 3 is 2.94 bits per heavy atom. The van der Waals surface area contributed by atoms with Crippen LogP contribution in [0.3, 0.4) is 0 Å². The van der Waals surface area contributed by atoms with Crippen LogP contribution >= 0.6 is 15.9 Å². The van der Waals surface area contributed by atoms with Gasteiger partial charge in [-0.25, -0.2) is 4.98 Å². The summed E-state index contributed by atoms with van der Waals surface area (Å²) in [5.74, 6) is 0.264. The van der Waals surface area contributed by atoms with Gasteiger partial charge in [0, 0.05) is 6.20 Å². The Hall–Kier alpha value is -1.55. The van der Waals surface area contributed by atoms with Crippen molar-refractivity contribution in [2.24, 2.45) is 0 Å². The highest BCUT2D eigenvalue weighted by atomic mass is 79.9. The summed E-state index contributed by atoms with van der Waals surface area (Å²) in [4.78, 5) is 4.46. The minimum atomic E-state index is 0.264. The maximum absolute atomic E-state index is 9.90. The van der Waals surface area contributed by atoms with E-state index in [1.165, 1.54) is 0 Å². The molecule has 3 aromatic rings. The third-order valence-electron chi connectivity index (χ3n) is 2.71. The molecule has 3 rings (SSSR count). The topological polar surface area (TPSA) is 37.5 Å². The van der Waals surface area contributed by atoms with E-state index in [1.807, 2.05) is 35.7 Å². The van der Waals surface area contributed by atoms with Crippen LogP contribution in [0, 0.1) is 6.92 Å². The molecule has 0 aliphatic rings. The number of hydrogen-bond acceptors (Lipinski definition) is 2. The van der Waals surface area contributed by atoms with Crippen LogP contribution in [0.2, 0.25) is 0 Å². The summed E-state index contributed by atoms with van der Waals surface area (Å²) in [7, 11) is 0. The van der Waals surface area contributed by atoms with Gasteiger partial charge in [0.25, 0.3) is 0 Å². The van der Waals surface area contributed by atoms with Crippen molar-refractivity contribution in [2.45, 2.75) is 6.92 Å². The van der Waals surface area contributed by atoms with Gasteiger partial charge in [-0.3, -0.25) is 4.40 Å². The molecule has 0 saturated heterocycles. The van der Waals surface area contributed by atoms with Gasteiger partial charge in [-0.15, -0.1) is 0 Å². The highest BCUT2D eigenvalue weighted by Gasteiger charge is 2.10. The van der Waals surface area contributed by atoms with Gasteiger partial charge in [0.2, 0.25) is 0 Å². The number of nitrogens with zero attached hydrogens (tertiary/aromatic N) is 2. The summed E-state index contributed by atoms with van der Waals surface area (Å²) in [6.45, 7) is 1.93. The Morgan fingerprint density at radius 1 is 1.31 bits per heavy atom. The molecule has 80 valence electrons. The number of fused-ring (bicyclic) bond motifs is 3. The lowest BCUT2D eigenvalue weighted by atomic mass is 10.1. The first kappa shape index (κ1) is 9.66. The second-order valence-corrected chi connectivity index (χ2v) is 4.49. The number of pyridine rings is 1. The third-order valence-corrected chi connectivity index (χ3v) is 3.67. The van der Waals surface area contributed by atoms with E-state index in [2.05, 4.69) is 20.9 Å². The molecule has 0 aliphatic heterocycles. The van der Waals surface area contributed by atoms with E-state index in [0.29, 0.717) is 0 Å². The smallest absolute Gasteiger partial charge is 0.149 e. The number of aromatic hydroxyl groups is 1. The van der Waals surface area contributed by atoms with Gasteiger partial charge >= 0.3 is 0 Å². The fourth-order valence-electron chi connectivity index (χ4n) is 1.93. The highest BCUT2D eigenvalue weighted by Crippen LogP contribution is 2.30. The Bertz CT molecular complexity index is 703. The second-order valence-electron chi connectivity index (χ2n) is 3.74. The monoisotopic (exact) mass is 276 g/mol. The van der Waals surface area contributed by atoms with Crippen LogP contribution < -0.4 is 0 Å². The molecule has 0 amide bonds. The largest absolute Gasteiger partial charge is 0.507 e. The molecule has 0 radical (unpaired) electrons. The quantitative estimate of drug-likeness (QED) is 0.684. The van der Waals surface area contributed by atoms with Crippen LogP contribution in [0.15, 0.2) is 35.1 Å². The van der Waals surface area contributed by atoms with E-state index in [4.69, 9.17) is 0 Å². The van der Waals surface area contributed by atoms with Gasteiger partial charge in [-0.2, -0.15) is 0 Å². The van der Waals surface area contributed by atoms with Crippen molar-refractivity contribution < 1.29 is 5.11 Å². The molecule has 3 nitrogen and oxygen atoms in total. The molecule has 0 unspecified atom stereocenters. The Balaban J connectivity index is 2.63. The predicted molar refractivity (Wildman–Crippen MR) is 66.8 cm³/mol. The zero-order valence-corrected chi connectivity index (χ0v) is 10.2. The number of halogens is 1. The lowest BCUT2D eigenvalue weighted by Crippen LogP contribution is -1.86. The van der Waals surface area contributed by atoms with E-state index in [1.54, 1.807) is 6.07 Å². The summed E-state index contributed by atoms with van der Waals surface area (Å²) in [5.41, 5.74) is 1.69. The van der Waals surface area contributed by atoms with Crippen molar-refractivity contribution >= 4 is 32.3 Å². The summed E-state index contributed by atoms with van der Waals surface area (Å²) in [5, 5.41) is 11.7. The van der Waals surface area contributed by atoms with Gasteiger partial charge < -0.3 is 5.11 Å². The third kappa shape index (κ3) is 1.16. The van der Waals surface area contributed by atoms with E-state index in [0.717, 1.165) is 26.7 Å². The summed E-state index contributed by atoms with van der Waals surface area (Å²) in [6.07, 6.45) is 1.95. The molecule has 4 heteroatoms. The minimum absolute atomic E-state index is 0.264. The summed E-state index contributed by atoms with van der Waals surface area (Å²) in [6, 6.07) is 7.44. The lowest BCUT2D eigenvalue weighted by Gasteiger charge is -2.02. The zero-order valence-electron chi connectivity index (χ0n) is 8.61. The number of hydrogen-bond donors (Lipinski definition) is 1. The number of aromatic nitrogens is 2. The van der Waals surface area contributed by atoms with Crippen molar-refractivity contribution in [2.75, 3.05) is 0 Å². The van der Waals surface area contributed by atoms with E-state index in [-0.39, 0.29) is 5.75 Å². The van der Waals surface area contributed by atoms with Crippen molar-refractivity contribution in [1.29, 1.82) is 0 Å². The molecule has 16 heavy (non-hydrogen) atoms. The number of phenols is 1. The first-order valence-electron chi connectivity index (χ1n) is 4.93. The molecule has 0 atom stereocenters. The van der Waals surface area contributed by atoms with Crippen molar-refractivity contribution in [3.63, 3.8) is 0 Å². The second kappa shape index (κ2) is 3.22. The normalized spacial score (nSPS) is 11.4. The number of aryl methyl sites for hydroxylation is 1. The fourth-order valence-corrected chi connectivity index (χ4v) is 2.31. The molecular weight excluding hydrogens is 268 g/mol. The Morgan fingerprint density at radius 2 is 2.12 bits per heavy atom. The maximum Gasteiger partial charge on any atom is 0.149 e.